The zero-order valence-electron chi connectivity index (χ0n) is 10.4. The molecule has 3 aliphatic rings. The van der Waals surface area contributed by atoms with Crippen LogP contribution in [0.5, 0.6) is 0 Å². The number of nitrogens with one attached hydrogen (secondary N) is 1. The second kappa shape index (κ2) is 3.29. The summed E-state index contributed by atoms with van der Waals surface area (Å²) in [5, 5.41) is 3.17. The minimum Gasteiger partial charge on any atom is -0.378 e. The number of hydrogen-bond acceptors (Lipinski definition) is 4. The summed E-state index contributed by atoms with van der Waals surface area (Å²) in [6.45, 7) is 5.35. The molecule has 3 fully saturated rings. The molecule has 2 aliphatic heterocycles. The number of methoxy groups -OCH3 is 1. The molecule has 0 aromatic carbocycles. The summed E-state index contributed by atoms with van der Waals surface area (Å²) in [6, 6.07) is -0.122. The Labute approximate surface area is 100 Å². The fraction of sp³-hybridized carbons (Fsp3) is 0.833. The molecule has 5 heteroatoms. The number of fused-ring (bicyclic) bond motifs is 1. The zero-order chi connectivity index (χ0) is 12.4. The van der Waals surface area contributed by atoms with Crippen LogP contribution in [0.15, 0.2) is 0 Å². The van der Waals surface area contributed by atoms with E-state index in [2.05, 4.69) is 5.32 Å². The molecule has 94 valence electrons. The molecule has 3 unspecified atom stereocenters. The van der Waals surface area contributed by atoms with Crippen LogP contribution < -0.4 is 5.32 Å². The highest BCUT2D eigenvalue weighted by atomic mass is 16.5. The second-order valence-electron chi connectivity index (χ2n) is 5.82. The monoisotopic (exact) mass is 238 g/mol. The van der Waals surface area contributed by atoms with E-state index in [0.29, 0.717) is 13.1 Å². The van der Waals surface area contributed by atoms with Gasteiger partial charge >= 0.3 is 0 Å². The van der Waals surface area contributed by atoms with E-state index in [0.717, 1.165) is 0 Å². The van der Waals surface area contributed by atoms with Crippen molar-refractivity contribution in [2.24, 2.45) is 17.3 Å². The van der Waals surface area contributed by atoms with Crippen LogP contribution in [-0.2, 0) is 14.3 Å². The lowest BCUT2D eigenvalue weighted by atomic mass is 10.0. The van der Waals surface area contributed by atoms with Crippen LogP contribution in [0.2, 0.25) is 0 Å². The lowest BCUT2D eigenvalue weighted by molar-refractivity contribution is -0.147. The average molecular weight is 238 g/mol. The summed E-state index contributed by atoms with van der Waals surface area (Å²) in [5.41, 5.74) is -0.126. The van der Waals surface area contributed by atoms with Gasteiger partial charge in [-0.15, -0.1) is 0 Å². The van der Waals surface area contributed by atoms with Gasteiger partial charge in [-0.2, -0.15) is 0 Å². The number of amides is 2. The van der Waals surface area contributed by atoms with Gasteiger partial charge in [0.25, 0.3) is 0 Å². The van der Waals surface area contributed by atoms with Crippen LogP contribution in [0, 0.1) is 17.3 Å². The van der Waals surface area contributed by atoms with E-state index in [4.69, 9.17) is 4.74 Å². The molecule has 1 aliphatic carbocycles. The molecule has 0 aromatic heterocycles. The first-order valence-corrected chi connectivity index (χ1v) is 6.10. The van der Waals surface area contributed by atoms with Crippen LogP contribution in [0.3, 0.4) is 0 Å². The number of nitrogens with zero attached hydrogens (tertiary/aromatic N) is 1. The van der Waals surface area contributed by atoms with E-state index >= 15 is 0 Å². The van der Waals surface area contributed by atoms with Gasteiger partial charge in [-0.3, -0.25) is 14.5 Å². The van der Waals surface area contributed by atoms with Crippen molar-refractivity contribution in [2.45, 2.75) is 26.0 Å². The molecule has 5 nitrogen and oxygen atoms in total. The van der Waals surface area contributed by atoms with Crippen molar-refractivity contribution in [3.05, 3.63) is 0 Å². The van der Waals surface area contributed by atoms with E-state index < -0.39 is 0 Å². The summed E-state index contributed by atoms with van der Waals surface area (Å²) in [5.74, 6) is -0.178. The Bertz CT molecular complexity index is 369. The van der Waals surface area contributed by atoms with Gasteiger partial charge < -0.3 is 10.1 Å². The highest BCUT2D eigenvalue weighted by Gasteiger charge is 2.73. The normalized spacial score (nSPS) is 43.1. The maximum absolute atomic E-state index is 12.2. The van der Waals surface area contributed by atoms with Crippen LogP contribution in [0.4, 0.5) is 0 Å². The standard InChI is InChI=1S/C12H18N2O3/c1-12(2)8-9(12)11(16)14(10(8)15)6-4-13-5-7(6)17-3/h6-9,13H,4-5H2,1-3H3/t6?,7-,8?,9?/m0/s1. The smallest absolute Gasteiger partial charge is 0.234 e. The van der Waals surface area contributed by atoms with E-state index in [1.54, 1.807) is 7.11 Å². The molecule has 1 N–H and O–H groups in total. The van der Waals surface area contributed by atoms with Crippen molar-refractivity contribution in [3.8, 4) is 0 Å². The second-order valence-corrected chi connectivity index (χ2v) is 5.82. The maximum Gasteiger partial charge on any atom is 0.234 e. The molecule has 2 saturated heterocycles. The number of rotatable bonds is 2. The lowest BCUT2D eigenvalue weighted by Crippen LogP contribution is -2.49. The Balaban J connectivity index is 1.83. The highest BCUT2D eigenvalue weighted by Crippen LogP contribution is 2.63. The summed E-state index contributed by atoms with van der Waals surface area (Å²) in [7, 11) is 1.63. The first-order valence-electron chi connectivity index (χ1n) is 6.10. The van der Waals surface area contributed by atoms with Crippen LogP contribution >= 0.6 is 0 Å². The molecule has 4 atom stereocenters. The molecule has 2 amide bonds. The van der Waals surface area contributed by atoms with Gasteiger partial charge in [0, 0.05) is 20.2 Å². The van der Waals surface area contributed by atoms with Crippen molar-refractivity contribution in [3.63, 3.8) is 0 Å². The van der Waals surface area contributed by atoms with Gasteiger partial charge in [-0.05, 0) is 5.41 Å². The van der Waals surface area contributed by atoms with Crippen LogP contribution in [0.25, 0.3) is 0 Å². The van der Waals surface area contributed by atoms with E-state index in [9.17, 15) is 9.59 Å². The Hall–Kier alpha value is -0.940. The van der Waals surface area contributed by atoms with E-state index in [1.807, 2.05) is 13.8 Å². The molecular formula is C12H18N2O3. The number of carbonyl (C=O) groups excluding carboxylic acids is 2. The fourth-order valence-electron chi connectivity index (χ4n) is 3.43. The predicted molar refractivity (Wildman–Crippen MR) is 60.1 cm³/mol. The minimum absolute atomic E-state index is 0.000694. The Morgan fingerprint density at radius 3 is 2.35 bits per heavy atom. The molecule has 0 radical (unpaired) electrons. The SMILES string of the molecule is CO[C@H]1CNCC1N1C(=O)C2C(C1=O)C2(C)C. The van der Waals surface area contributed by atoms with Gasteiger partial charge in [0.15, 0.2) is 0 Å². The molecule has 1 saturated carbocycles. The van der Waals surface area contributed by atoms with Crippen molar-refractivity contribution < 1.29 is 14.3 Å². The maximum atomic E-state index is 12.2. The first kappa shape index (κ1) is 11.2. The highest BCUT2D eigenvalue weighted by molar-refractivity contribution is 6.10. The van der Waals surface area contributed by atoms with Crippen LogP contribution in [0.1, 0.15) is 13.8 Å². The Kier molecular flexibility index (Phi) is 2.16. The van der Waals surface area contributed by atoms with Gasteiger partial charge in [0.2, 0.25) is 11.8 Å². The fourth-order valence-corrected chi connectivity index (χ4v) is 3.43. The number of hydrogen-bond donors (Lipinski definition) is 1. The van der Waals surface area contributed by atoms with E-state index in [1.165, 1.54) is 4.90 Å². The molecule has 0 bridgehead atoms. The van der Waals surface area contributed by atoms with Gasteiger partial charge in [0.1, 0.15) is 0 Å². The third-order valence-electron chi connectivity index (χ3n) is 4.60. The largest absolute Gasteiger partial charge is 0.378 e. The van der Waals surface area contributed by atoms with Gasteiger partial charge in [-0.1, -0.05) is 13.8 Å². The Morgan fingerprint density at radius 2 is 1.82 bits per heavy atom. The van der Waals surface area contributed by atoms with Crippen LogP contribution in [-0.4, -0.2) is 49.1 Å². The van der Waals surface area contributed by atoms with Crippen molar-refractivity contribution >= 4 is 11.8 Å². The number of imide groups is 1. The van der Waals surface area contributed by atoms with Crippen molar-refractivity contribution in [1.29, 1.82) is 0 Å². The third-order valence-corrected chi connectivity index (χ3v) is 4.60. The number of carbonyl (C=O) groups is 2. The van der Waals surface area contributed by atoms with Crippen molar-refractivity contribution in [1.82, 2.24) is 10.2 Å². The average Bonchev–Trinajstić information content (AvgIpc) is 2.63. The summed E-state index contributed by atoms with van der Waals surface area (Å²) < 4.78 is 5.33. The number of likely N-dealkylation sites (tertiary alicyclic amines) is 1. The number of ether oxygens (including phenoxy) is 1. The summed E-state index contributed by atoms with van der Waals surface area (Å²) >= 11 is 0. The molecule has 2 heterocycles. The third kappa shape index (κ3) is 1.27. The predicted octanol–water partition coefficient (Wildman–Crippen LogP) is -0.386. The summed E-state index contributed by atoms with van der Waals surface area (Å²) in [6.07, 6.45) is -0.0662. The Morgan fingerprint density at radius 1 is 1.24 bits per heavy atom. The van der Waals surface area contributed by atoms with E-state index in [-0.39, 0.29) is 41.2 Å². The lowest BCUT2D eigenvalue weighted by Gasteiger charge is -2.29. The zero-order valence-corrected chi connectivity index (χ0v) is 10.4. The molecule has 0 aromatic rings. The molecular weight excluding hydrogens is 220 g/mol. The van der Waals surface area contributed by atoms with Gasteiger partial charge in [0.05, 0.1) is 24.0 Å². The van der Waals surface area contributed by atoms with Gasteiger partial charge in [-0.25, -0.2) is 0 Å². The molecule has 0 spiro atoms. The first-order chi connectivity index (χ1) is 8.00. The summed E-state index contributed by atoms with van der Waals surface area (Å²) in [4.78, 5) is 25.9. The number of piperidine rings is 1. The topological polar surface area (TPSA) is 58.6 Å². The van der Waals surface area contributed by atoms with Crippen molar-refractivity contribution in [2.75, 3.05) is 20.2 Å². The minimum atomic E-state index is -0.126. The quantitative estimate of drug-likeness (QED) is 0.666. The molecule has 3 rings (SSSR count). The molecule has 17 heavy (non-hydrogen) atoms.